The molecule has 0 fully saturated rings. The van der Waals surface area contributed by atoms with E-state index in [1.807, 2.05) is 14.0 Å². The topological polar surface area (TPSA) is 80.9 Å². The van der Waals surface area contributed by atoms with Crippen LogP contribution in [0.1, 0.15) is 28.8 Å². The third-order valence-electron chi connectivity index (χ3n) is 2.70. The Kier molecular flexibility index (Phi) is 3.10. The normalized spacial score (nSPS) is 10.6. The van der Waals surface area contributed by atoms with Crippen LogP contribution in [0.4, 0.5) is 0 Å². The summed E-state index contributed by atoms with van der Waals surface area (Å²) < 4.78 is 1.70. The summed E-state index contributed by atoms with van der Waals surface area (Å²) in [7, 11) is 1.81. The van der Waals surface area contributed by atoms with Crippen LogP contribution in [0.25, 0.3) is 11.4 Å². The monoisotopic (exact) mass is 246 g/mol. The second kappa shape index (κ2) is 4.56. The van der Waals surface area contributed by atoms with Gasteiger partial charge in [0.15, 0.2) is 5.69 Å². The van der Waals surface area contributed by atoms with E-state index in [4.69, 9.17) is 5.11 Å². The number of hydrogen-bond acceptors (Lipinski definition) is 4. The zero-order chi connectivity index (χ0) is 13.3. The fraction of sp³-hybridized carbons (Fsp3) is 0.333. The van der Waals surface area contributed by atoms with Crippen LogP contribution in [-0.4, -0.2) is 30.8 Å². The molecule has 6 heteroatoms. The molecule has 94 valence electrons. The Labute approximate surface area is 104 Å². The lowest BCUT2D eigenvalue weighted by atomic mass is 10.1. The van der Waals surface area contributed by atoms with Gasteiger partial charge in [0.1, 0.15) is 5.82 Å². The summed E-state index contributed by atoms with van der Waals surface area (Å²) in [6.45, 7) is 3.70. The predicted octanol–water partition coefficient (Wildman–Crippen LogP) is 1.45. The van der Waals surface area contributed by atoms with Crippen LogP contribution in [0, 0.1) is 6.92 Å². The van der Waals surface area contributed by atoms with Crippen molar-refractivity contribution in [2.24, 2.45) is 7.05 Å². The lowest BCUT2D eigenvalue weighted by Gasteiger charge is -2.06. The van der Waals surface area contributed by atoms with Gasteiger partial charge in [0.25, 0.3) is 0 Å². The molecule has 0 saturated carbocycles. The first-order valence-electron chi connectivity index (χ1n) is 5.63. The SMILES string of the molecule is CCc1cnn(C)c1-c1cc(C(=O)O)nc(C)n1. The summed E-state index contributed by atoms with van der Waals surface area (Å²) in [6, 6.07) is 1.48. The minimum atomic E-state index is -1.05. The number of rotatable bonds is 3. The molecule has 0 aliphatic heterocycles. The molecule has 2 aromatic rings. The van der Waals surface area contributed by atoms with Crippen molar-refractivity contribution in [1.82, 2.24) is 19.7 Å². The van der Waals surface area contributed by atoms with Gasteiger partial charge in [-0.25, -0.2) is 14.8 Å². The lowest BCUT2D eigenvalue weighted by Crippen LogP contribution is -2.06. The molecule has 0 unspecified atom stereocenters. The first-order valence-corrected chi connectivity index (χ1v) is 5.63. The Hall–Kier alpha value is -2.24. The predicted molar refractivity (Wildman–Crippen MR) is 65.3 cm³/mol. The molecular formula is C12H14N4O2. The molecule has 0 amide bonds. The van der Waals surface area contributed by atoms with E-state index in [-0.39, 0.29) is 5.69 Å². The van der Waals surface area contributed by atoms with Gasteiger partial charge in [-0.1, -0.05) is 6.92 Å². The number of aromatic carboxylic acids is 1. The average Bonchev–Trinajstić information content (AvgIpc) is 2.69. The molecule has 2 rings (SSSR count). The standard InChI is InChI=1S/C12H14N4O2/c1-4-8-6-13-16(3)11(8)9-5-10(12(17)18)15-7(2)14-9/h5-6H,4H2,1-3H3,(H,17,18). The maximum absolute atomic E-state index is 11.0. The summed E-state index contributed by atoms with van der Waals surface area (Å²) in [6.07, 6.45) is 2.59. The van der Waals surface area contributed by atoms with Crippen LogP contribution in [0.3, 0.4) is 0 Å². The Morgan fingerprint density at radius 1 is 1.44 bits per heavy atom. The highest BCUT2D eigenvalue weighted by Gasteiger charge is 2.15. The average molecular weight is 246 g/mol. The molecule has 0 saturated heterocycles. The molecule has 0 spiro atoms. The molecule has 2 heterocycles. The summed E-state index contributed by atoms with van der Waals surface area (Å²) in [5.41, 5.74) is 2.47. The number of nitrogens with zero attached hydrogens (tertiary/aromatic N) is 4. The van der Waals surface area contributed by atoms with E-state index < -0.39 is 5.97 Å². The van der Waals surface area contributed by atoms with Crippen LogP contribution in [0.15, 0.2) is 12.3 Å². The maximum atomic E-state index is 11.0. The van der Waals surface area contributed by atoms with Gasteiger partial charge in [-0.2, -0.15) is 5.10 Å². The fourth-order valence-electron chi connectivity index (χ4n) is 1.87. The number of carbonyl (C=O) groups is 1. The van der Waals surface area contributed by atoms with Crippen LogP contribution >= 0.6 is 0 Å². The third-order valence-corrected chi connectivity index (χ3v) is 2.70. The highest BCUT2D eigenvalue weighted by molar-refractivity contribution is 5.86. The molecule has 0 aliphatic carbocycles. The molecule has 0 aliphatic rings. The minimum absolute atomic E-state index is 0.000697. The van der Waals surface area contributed by atoms with Crippen molar-refractivity contribution in [2.45, 2.75) is 20.3 Å². The van der Waals surface area contributed by atoms with Crippen molar-refractivity contribution in [3.63, 3.8) is 0 Å². The minimum Gasteiger partial charge on any atom is -0.477 e. The van der Waals surface area contributed by atoms with Gasteiger partial charge < -0.3 is 5.11 Å². The van der Waals surface area contributed by atoms with Crippen molar-refractivity contribution in [3.8, 4) is 11.4 Å². The molecule has 1 N–H and O–H groups in total. The van der Waals surface area contributed by atoms with Crippen LogP contribution in [-0.2, 0) is 13.5 Å². The van der Waals surface area contributed by atoms with Gasteiger partial charge in [-0.3, -0.25) is 4.68 Å². The zero-order valence-corrected chi connectivity index (χ0v) is 10.5. The van der Waals surface area contributed by atoms with Crippen LogP contribution in [0.2, 0.25) is 0 Å². The number of carboxylic acids is 1. The van der Waals surface area contributed by atoms with Crippen LogP contribution in [0.5, 0.6) is 0 Å². The highest BCUT2D eigenvalue weighted by Crippen LogP contribution is 2.22. The second-order valence-corrected chi connectivity index (χ2v) is 3.99. The van der Waals surface area contributed by atoms with Crippen molar-refractivity contribution < 1.29 is 9.90 Å². The van der Waals surface area contributed by atoms with Crippen molar-refractivity contribution in [2.75, 3.05) is 0 Å². The smallest absolute Gasteiger partial charge is 0.354 e. The quantitative estimate of drug-likeness (QED) is 0.886. The van der Waals surface area contributed by atoms with E-state index in [2.05, 4.69) is 15.1 Å². The first-order chi connectivity index (χ1) is 8.52. The maximum Gasteiger partial charge on any atom is 0.354 e. The Morgan fingerprint density at radius 2 is 2.17 bits per heavy atom. The number of carboxylic acid groups (broad SMARTS) is 1. The molecule has 6 nitrogen and oxygen atoms in total. The Bertz CT molecular complexity index is 604. The summed E-state index contributed by atoms with van der Waals surface area (Å²) in [5, 5.41) is 13.2. The molecular weight excluding hydrogens is 232 g/mol. The van der Waals surface area contributed by atoms with E-state index in [1.54, 1.807) is 17.8 Å². The van der Waals surface area contributed by atoms with Gasteiger partial charge in [-0.15, -0.1) is 0 Å². The number of aryl methyl sites for hydroxylation is 3. The van der Waals surface area contributed by atoms with E-state index in [0.29, 0.717) is 11.5 Å². The van der Waals surface area contributed by atoms with Crippen LogP contribution < -0.4 is 0 Å². The van der Waals surface area contributed by atoms with Gasteiger partial charge in [0.2, 0.25) is 0 Å². The van der Waals surface area contributed by atoms with Gasteiger partial charge in [0.05, 0.1) is 17.6 Å². The number of aromatic nitrogens is 4. The van der Waals surface area contributed by atoms with Gasteiger partial charge in [-0.05, 0) is 25.0 Å². The molecule has 0 bridgehead atoms. The van der Waals surface area contributed by atoms with Crippen molar-refractivity contribution in [1.29, 1.82) is 0 Å². The van der Waals surface area contributed by atoms with Gasteiger partial charge >= 0.3 is 5.97 Å². The van der Waals surface area contributed by atoms with E-state index in [0.717, 1.165) is 17.7 Å². The fourth-order valence-corrected chi connectivity index (χ4v) is 1.87. The Balaban J connectivity index is 2.63. The highest BCUT2D eigenvalue weighted by atomic mass is 16.4. The largest absolute Gasteiger partial charge is 0.477 e. The second-order valence-electron chi connectivity index (χ2n) is 3.99. The third kappa shape index (κ3) is 2.09. The molecule has 18 heavy (non-hydrogen) atoms. The van der Waals surface area contributed by atoms with Gasteiger partial charge in [0, 0.05) is 7.05 Å². The Morgan fingerprint density at radius 3 is 2.78 bits per heavy atom. The molecule has 0 atom stereocenters. The van der Waals surface area contributed by atoms with E-state index in [9.17, 15) is 4.79 Å². The lowest BCUT2D eigenvalue weighted by molar-refractivity contribution is 0.0690. The molecule has 0 radical (unpaired) electrons. The number of hydrogen-bond donors (Lipinski definition) is 1. The van der Waals surface area contributed by atoms with Crippen molar-refractivity contribution in [3.05, 3.63) is 29.3 Å². The van der Waals surface area contributed by atoms with Crippen molar-refractivity contribution >= 4 is 5.97 Å². The summed E-state index contributed by atoms with van der Waals surface area (Å²) in [5.74, 6) is -0.616. The summed E-state index contributed by atoms with van der Waals surface area (Å²) >= 11 is 0. The first kappa shape index (κ1) is 12.2. The molecule has 2 aromatic heterocycles. The summed E-state index contributed by atoms with van der Waals surface area (Å²) in [4.78, 5) is 19.2. The molecule has 0 aromatic carbocycles. The zero-order valence-electron chi connectivity index (χ0n) is 10.5. The van der Waals surface area contributed by atoms with E-state index in [1.165, 1.54) is 6.07 Å². The van der Waals surface area contributed by atoms with E-state index >= 15 is 0 Å².